The molecular formula is C22H21BrFN3OS. The summed E-state index contributed by atoms with van der Waals surface area (Å²) in [5.41, 5.74) is 3.93. The summed E-state index contributed by atoms with van der Waals surface area (Å²) in [6.07, 6.45) is 6.70. The molecule has 1 unspecified atom stereocenters. The molecule has 2 aliphatic rings. The Hall–Kier alpha value is -2.12. The lowest BCUT2D eigenvalue weighted by molar-refractivity contribution is 0.189. The van der Waals surface area contributed by atoms with Crippen molar-refractivity contribution in [1.82, 2.24) is 9.47 Å². The Morgan fingerprint density at radius 1 is 1.24 bits per heavy atom. The second-order valence-electron chi connectivity index (χ2n) is 7.66. The summed E-state index contributed by atoms with van der Waals surface area (Å²) in [6, 6.07) is 8.37. The number of nitrogens with zero attached hydrogens (tertiary/aromatic N) is 2. The van der Waals surface area contributed by atoms with Crippen LogP contribution in [0, 0.1) is 5.82 Å². The number of aryl methyl sites for hydroxylation is 1. The van der Waals surface area contributed by atoms with Crippen LogP contribution in [0.3, 0.4) is 0 Å². The summed E-state index contributed by atoms with van der Waals surface area (Å²) in [7, 11) is 0. The smallest absolute Gasteiger partial charge is 0.312 e. The Morgan fingerprint density at radius 3 is 2.90 bits per heavy atom. The van der Waals surface area contributed by atoms with Crippen LogP contribution in [0.15, 0.2) is 41.0 Å². The van der Waals surface area contributed by atoms with E-state index in [0.29, 0.717) is 11.0 Å². The highest BCUT2D eigenvalue weighted by atomic mass is 79.9. The van der Waals surface area contributed by atoms with E-state index in [4.69, 9.17) is 0 Å². The monoisotopic (exact) mass is 473 g/mol. The van der Waals surface area contributed by atoms with Crippen LogP contribution in [0.1, 0.15) is 47.5 Å². The molecule has 0 bridgehead atoms. The van der Waals surface area contributed by atoms with Gasteiger partial charge >= 0.3 is 6.03 Å². The van der Waals surface area contributed by atoms with Gasteiger partial charge in [0.15, 0.2) is 0 Å². The minimum absolute atomic E-state index is 0.123. The zero-order valence-corrected chi connectivity index (χ0v) is 18.4. The topological polar surface area (TPSA) is 37.3 Å². The number of rotatable bonds is 1. The fourth-order valence-corrected chi connectivity index (χ4v) is 6.12. The lowest BCUT2D eigenvalue weighted by Crippen LogP contribution is -2.36. The van der Waals surface area contributed by atoms with Crippen LogP contribution in [0.2, 0.25) is 0 Å². The number of amides is 2. The van der Waals surface area contributed by atoms with Crippen LogP contribution < -0.4 is 5.32 Å². The maximum absolute atomic E-state index is 14.3. The first-order chi connectivity index (χ1) is 14.0. The van der Waals surface area contributed by atoms with Crippen molar-refractivity contribution in [2.75, 3.05) is 5.32 Å². The van der Waals surface area contributed by atoms with Gasteiger partial charge in [-0.15, -0.1) is 11.3 Å². The number of carbonyl (C=O) groups is 1. The van der Waals surface area contributed by atoms with E-state index < -0.39 is 5.82 Å². The summed E-state index contributed by atoms with van der Waals surface area (Å²) in [5, 5.41) is 4.01. The molecular weight excluding hydrogens is 453 g/mol. The largest absolute Gasteiger partial charge is 0.322 e. The lowest BCUT2D eigenvalue weighted by Gasteiger charge is -2.28. The maximum Gasteiger partial charge on any atom is 0.322 e. The molecule has 2 aromatic heterocycles. The van der Waals surface area contributed by atoms with E-state index in [1.807, 2.05) is 29.2 Å². The Balaban J connectivity index is 1.54. The van der Waals surface area contributed by atoms with Gasteiger partial charge in [-0.3, -0.25) is 0 Å². The molecule has 1 aliphatic heterocycles. The average molecular weight is 474 g/mol. The fourth-order valence-electron chi connectivity index (χ4n) is 4.39. The Morgan fingerprint density at radius 2 is 2.07 bits per heavy atom. The molecule has 1 aliphatic carbocycles. The van der Waals surface area contributed by atoms with Crippen molar-refractivity contribution in [3.63, 3.8) is 0 Å². The zero-order valence-electron chi connectivity index (χ0n) is 16.0. The quantitative estimate of drug-likeness (QED) is 0.434. The molecule has 150 valence electrons. The van der Waals surface area contributed by atoms with Crippen molar-refractivity contribution < 1.29 is 9.18 Å². The SMILES string of the molecule is CC1c2cccn2-c2sc3c(c2CN1C(=O)Nc1ccc(Br)cc1F)CCCC3. The number of fused-ring (bicyclic) bond motifs is 5. The van der Waals surface area contributed by atoms with Crippen LogP contribution in [-0.4, -0.2) is 15.5 Å². The first-order valence-electron chi connectivity index (χ1n) is 9.86. The highest BCUT2D eigenvalue weighted by Gasteiger charge is 2.33. The zero-order chi connectivity index (χ0) is 20.1. The number of carbonyl (C=O) groups excluding carboxylic acids is 1. The predicted molar refractivity (Wildman–Crippen MR) is 117 cm³/mol. The normalized spacial score (nSPS) is 17.9. The third kappa shape index (κ3) is 3.20. The minimum Gasteiger partial charge on any atom is -0.312 e. The highest BCUT2D eigenvalue weighted by molar-refractivity contribution is 9.10. The van der Waals surface area contributed by atoms with E-state index in [1.165, 1.54) is 39.9 Å². The van der Waals surface area contributed by atoms with Gasteiger partial charge in [-0.2, -0.15) is 0 Å². The van der Waals surface area contributed by atoms with Crippen molar-refractivity contribution >= 4 is 39.0 Å². The predicted octanol–water partition coefficient (Wildman–Crippen LogP) is 6.43. The molecule has 5 rings (SSSR count). The highest BCUT2D eigenvalue weighted by Crippen LogP contribution is 2.42. The average Bonchev–Trinajstić information content (AvgIpc) is 3.30. The van der Waals surface area contributed by atoms with Gasteiger partial charge in [-0.25, -0.2) is 9.18 Å². The van der Waals surface area contributed by atoms with Crippen LogP contribution in [0.5, 0.6) is 0 Å². The van der Waals surface area contributed by atoms with Gasteiger partial charge in [0.25, 0.3) is 0 Å². The third-order valence-corrected chi connectivity index (χ3v) is 7.74. The number of hydrogen-bond donors (Lipinski definition) is 1. The lowest BCUT2D eigenvalue weighted by atomic mass is 9.95. The molecule has 1 atom stereocenters. The molecule has 3 heterocycles. The van der Waals surface area contributed by atoms with Crippen LogP contribution in [0.25, 0.3) is 5.00 Å². The van der Waals surface area contributed by atoms with Crippen molar-refractivity contribution in [2.24, 2.45) is 0 Å². The Kier molecular flexibility index (Phi) is 4.75. The van der Waals surface area contributed by atoms with Crippen molar-refractivity contribution in [3.8, 4) is 5.00 Å². The summed E-state index contributed by atoms with van der Waals surface area (Å²) >= 11 is 5.12. The molecule has 0 spiro atoms. The molecule has 1 N–H and O–H groups in total. The molecule has 0 fully saturated rings. The van der Waals surface area contributed by atoms with Gasteiger partial charge in [-0.1, -0.05) is 15.9 Å². The van der Waals surface area contributed by atoms with E-state index in [-0.39, 0.29) is 17.8 Å². The molecule has 2 amide bonds. The van der Waals surface area contributed by atoms with Crippen LogP contribution in [-0.2, 0) is 19.4 Å². The summed E-state index contributed by atoms with van der Waals surface area (Å²) in [4.78, 5) is 16.5. The standard InChI is InChI=1S/C22H21BrFN3OS/c1-13-19-6-4-10-26(19)21-16(15-5-2-3-7-20(15)29-21)12-27(13)22(28)25-18-9-8-14(23)11-17(18)24/h4,6,8-11,13H,2-3,5,7,12H2,1H3,(H,25,28). The molecule has 7 heteroatoms. The summed E-state index contributed by atoms with van der Waals surface area (Å²) in [6.45, 7) is 2.57. The molecule has 1 aromatic carbocycles. The number of hydrogen-bond acceptors (Lipinski definition) is 2. The second-order valence-corrected chi connectivity index (χ2v) is 9.66. The first kappa shape index (κ1) is 18.9. The Bertz CT molecular complexity index is 1110. The van der Waals surface area contributed by atoms with Gasteiger partial charge in [0, 0.05) is 26.8 Å². The second kappa shape index (κ2) is 7.29. The molecule has 0 saturated heterocycles. The number of halogens is 2. The van der Waals surface area contributed by atoms with Crippen molar-refractivity contribution in [3.05, 3.63) is 68.5 Å². The third-order valence-electron chi connectivity index (χ3n) is 5.92. The van der Waals surface area contributed by atoms with Crippen LogP contribution >= 0.6 is 27.3 Å². The fraction of sp³-hybridized carbons (Fsp3) is 0.318. The van der Waals surface area contributed by atoms with Crippen molar-refractivity contribution in [2.45, 2.75) is 45.2 Å². The number of aromatic nitrogens is 1. The van der Waals surface area contributed by atoms with Crippen molar-refractivity contribution in [1.29, 1.82) is 0 Å². The number of thiophene rings is 1. The molecule has 0 radical (unpaired) electrons. The van der Waals surface area contributed by atoms with E-state index in [0.717, 1.165) is 18.5 Å². The van der Waals surface area contributed by atoms with Crippen LogP contribution in [0.4, 0.5) is 14.9 Å². The number of nitrogens with one attached hydrogen (secondary N) is 1. The molecule has 3 aromatic rings. The van der Waals surface area contributed by atoms with Gasteiger partial charge in [0.05, 0.1) is 18.3 Å². The Labute approximate surface area is 181 Å². The minimum atomic E-state index is -0.452. The maximum atomic E-state index is 14.3. The number of urea groups is 1. The number of anilines is 1. The van der Waals surface area contributed by atoms with E-state index in [9.17, 15) is 9.18 Å². The van der Waals surface area contributed by atoms with E-state index in [2.05, 4.69) is 38.1 Å². The van der Waals surface area contributed by atoms with Gasteiger partial charge in [-0.05, 0) is 68.5 Å². The molecule has 0 saturated carbocycles. The first-order valence-corrected chi connectivity index (χ1v) is 11.5. The molecule has 29 heavy (non-hydrogen) atoms. The summed E-state index contributed by atoms with van der Waals surface area (Å²) in [5.74, 6) is -0.452. The van der Waals surface area contributed by atoms with Gasteiger partial charge < -0.3 is 14.8 Å². The van der Waals surface area contributed by atoms with E-state index >= 15 is 0 Å². The summed E-state index contributed by atoms with van der Waals surface area (Å²) < 4.78 is 17.2. The van der Waals surface area contributed by atoms with Gasteiger partial charge in [0.2, 0.25) is 0 Å². The molecule has 4 nitrogen and oxygen atoms in total. The van der Waals surface area contributed by atoms with Gasteiger partial charge in [0.1, 0.15) is 10.8 Å². The van der Waals surface area contributed by atoms with E-state index in [1.54, 1.807) is 12.1 Å². The number of benzene rings is 1.